The van der Waals surface area contributed by atoms with Crippen LogP contribution in [-0.4, -0.2) is 26.5 Å². The normalized spacial score (nSPS) is 11.6. The lowest BCUT2D eigenvalue weighted by molar-refractivity contribution is -0.137. The van der Waals surface area contributed by atoms with Crippen molar-refractivity contribution in [3.8, 4) is 11.1 Å². The number of benzene rings is 2. The summed E-state index contributed by atoms with van der Waals surface area (Å²) in [5.74, 6) is 0.615. The second-order valence-corrected chi connectivity index (χ2v) is 6.40. The molecule has 2 aromatic heterocycles. The third-order valence-corrected chi connectivity index (χ3v) is 4.45. The largest absolute Gasteiger partial charge is 0.416 e. The fourth-order valence-electron chi connectivity index (χ4n) is 2.99. The van der Waals surface area contributed by atoms with Crippen molar-refractivity contribution in [3.05, 3.63) is 78.4 Å². The Labute approximate surface area is 164 Å². The van der Waals surface area contributed by atoms with Crippen LogP contribution >= 0.6 is 0 Å². The molecule has 0 spiro atoms. The van der Waals surface area contributed by atoms with Crippen LogP contribution in [0, 0.1) is 0 Å². The lowest BCUT2D eigenvalue weighted by Crippen LogP contribution is -2.08. The quantitative estimate of drug-likeness (QED) is 0.528. The number of nitrogens with one attached hydrogen (secondary N) is 1. The van der Waals surface area contributed by atoms with Gasteiger partial charge in [0.05, 0.1) is 5.56 Å². The van der Waals surface area contributed by atoms with Gasteiger partial charge in [-0.05, 0) is 35.2 Å². The van der Waals surface area contributed by atoms with Gasteiger partial charge in [0, 0.05) is 18.9 Å². The summed E-state index contributed by atoms with van der Waals surface area (Å²) in [4.78, 5) is 16.7. The zero-order chi connectivity index (χ0) is 20.3. The Morgan fingerprint density at radius 3 is 2.41 bits per heavy atom. The molecule has 0 saturated carbocycles. The summed E-state index contributed by atoms with van der Waals surface area (Å²) < 4.78 is 38.7. The van der Waals surface area contributed by atoms with Crippen LogP contribution in [0.4, 0.5) is 19.0 Å². The Bertz CT molecular complexity index is 1120. The van der Waals surface area contributed by atoms with Crippen molar-refractivity contribution < 1.29 is 13.2 Å². The van der Waals surface area contributed by atoms with Crippen molar-refractivity contribution >= 4 is 17.0 Å². The van der Waals surface area contributed by atoms with E-state index in [4.69, 9.17) is 0 Å². The molecule has 2 heterocycles. The molecular formula is C21H16F3N5. The first-order chi connectivity index (χ1) is 14.0. The molecule has 0 radical (unpaired) electrons. The van der Waals surface area contributed by atoms with Crippen LogP contribution in [0.5, 0.6) is 0 Å². The first-order valence-corrected chi connectivity index (χ1v) is 8.93. The Morgan fingerprint density at radius 2 is 1.62 bits per heavy atom. The highest BCUT2D eigenvalue weighted by atomic mass is 19.4. The maximum Gasteiger partial charge on any atom is 0.416 e. The number of aromatic nitrogens is 4. The highest BCUT2D eigenvalue weighted by molar-refractivity contribution is 5.81. The number of nitrogens with zero attached hydrogens (tertiary/aromatic N) is 4. The molecule has 5 nitrogen and oxygen atoms in total. The number of hydrogen-bond donors (Lipinski definition) is 1. The highest BCUT2D eigenvalue weighted by Crippen LogP contribution is 2.32. The van der Waals surface area contributed by atoms with Gasteiger partial charge in [-0.15, -0.1) is 0 Å². The minimum absolute atomic E-state index is 0.524. The van der Waals surface area contributed by atoms with E-state index >= 15 is 0 Å². The van der Waals surface area contributed by atoms with Gasteiger partial charge in [0.15, 0.2) is 11.5 Å². The van der Waals surface area contributed by atoms with Crippen LogP contribution < -0.4 is 5.32 Å². The Kier molecular flexibility index (Phi) is 5.07. The van der Waals surface area contributed by atoms with Crippen molar-refractivity contribution in [1.82, 2.24) is 19.9 Å². The second kappa shape index (κ2) is 7.83. The SMILES string of the molecule is FC(F)(F)c1cccc(-c2ccc(CCNc3ncnc4nccnc34)cc2)c1. The molecule has 0 saturated heterocycles. The van der Waals surface area contributed by atoms with Gasteiger partial charge in [-0.25, -0.2) is 19.9 Å². The summed E-state index contributed by atoms with van der Waals surface area (Å²) in [6, 6.07) is 12.8. The van der Waals surface area contributed by atoms with Crippen LogP contribution in [0.25, 0.3) is 22.3 Å². The van der Waals surface area contributed by atoms with Crippen molar-refractivity contribution in [2.24, 2.45) is 0 Å². The van der Waals surface area contributed by atoms with Gasteiger partial charge in [0.1, 0.15) is 11.8 Å². The molecule has 8 heteroatoms. The number of halogens is 3. The number of hydrogen-bond acceptors (Lipinski definition) is 5. The molecule has 0 unspecified atom stereocenters. The van der Waals surface area contributed by atoms with Gasteiger partial charge in [0.2, 0.25) is 0 Å². The molecule has 0 aliphatic heterocycles. The van der Waals surface area contributed by atoms with Crippen LogP contribution in [-0.2, 0) is 12.6 Å². The minimum atomic E-state index is -4.35. The predicted octanol–water partition coefficient (Wildman–Crippen LogP) is 4.76. The molecular weight excluding hydrogens is 379 g/mol. The first kappa shape index (κ1) is 18.8. The number of fused-ring (bicyclic) bond motifs is 1. The average molecular weight is 395 g/mol. The molecule has 0 aliphatic carbocycles. The van der Waals surface area contributed by atoms with E-state index in [9.17, 15) is 13.2 Å². The van der Waals surface area contributed by atoms with Crippen LogP contribution in [0.15, 0.2) is 67.3 Å². The predicted molar refractivity (Wildman–Crippen MR) is 104 cm³/mol. The zero-order valence-corrected chi connectivity index (χ0v) is 15.2. The third kappa shape index (κ3) is 4.31. The van der Waals surface area contributed by atoms with Crippen molar-refractivity contribution in [2.75, 3.05) is 11.9 Å². The van der Waals surface area contributed by atoms with E-state index in [1.54, 1.807) is 18.5 Å². The van der Waals surface area contributed by atoms with E-state index < -0.39 is 11.7 Å². The number of alkyl halides is 3. The van der Waals surface area contributed by atoms with E-state index in [0.717, 1.165) is 23.3 Å². The van der Waals surface area contributed by atoms with Crippen molar-refractivity contribution in [1.29, 1.82) is 0 Å². The van der Waals surface area contributed by atoms with Gasteiger partial charge in [-0.1, -0.05) is 36.4 Å². The Balaban J connectivity index is 1.42. The molecule has 0 atom stereocenters. The summed E-state index contributed by atoms with van der Waals surface area (Å²) in [7, 11) is 0. The fraction of sp³-hybridized carbons (Fsp3) is 0.143. The van der Waals surface area contributed by atoms with Gasteiger partial charge in [0.25, 0.3) is 0 Å². The molecule has 4 aromatic rings. The highest BCUT2D eigenvalue weighted by Gasteiger charge is 2.30. The monoisotopic (exact) mass is 395 g/mol. The lowest BCUT2D eigenvalue weighted by Gasteiger charge is -2.10. The van der Waals surface area contributed by atoms with E-state index in [1.807, 2.05) is 24.3 Å². The Morgan fingerprint density at radius 1 is 0.828 bits per heavy atom. The average Bonchev–Trinajstić information content (AvgIpc) is 2.74. The molecule has 29 heavy (non-hydrogen) atoms. The molecule has 0 fully saturated rings. The third-order valence-electron chi connectivity index (χ3n) is 4.45. The molecule has 0 bridgehead atoms. The van der Waals surface area contributed by atoms with Crippen LogP contribution in [0.1, 0.15) is 11.1 Å². The van der Waals surface area contributed by atoms with Gasteiger partial charge >= 0.3 is 6.18 Å². The number of anilines is 1. The summed E-state index contributed by atoms with van der Waals surface area (Å²) in [5, 5.41) is 3.23. The minimum Gasteiger partial charge on any atom is -0.368 e. The molecule has 146 valence electrons. The van der Waals surface area contributed by atoms with Crippen LogP contribution in [0.2, 0.25) is 0 Å². The standard InChI is InChI=1S/C21H16F3N5/c22-21(23,24)17-3-1-2-16(12-17)15-6-4-14(5-7-15)8-9-26-19-18-20(29-13-28-19)27-11-10-25-18/h1-7,10-13H,8-9H2,(H,26,27,28,29). The van der Waals surface area contributed by atoms with Gasteiger partial charge < -0.3 is 5.32 Å². The van der Waals surface area contributed by atoms with E-state index in [-0.39, 0.29) is 0 Å². The topological polar surface area (TPSA) is 63.6 Å². The van der Waals surface area contributed by atoms with E-state index in [0.29, 0.717) is 35.5 Å². The van der Waals surface area contributed by atoms with Crippen molar-refractivity contribution in [2.45, 2.75) is 12.6 Å². The summed E-state index contributed by atoms with van der Waals surface area (Å²) in [5.41, 5.74) is 2.81. The molecule has 2 aromatic carbocycles. The van der Waals surface area contributed by atoms with E-state index in [1.165, 1.54) is 12.4 Å². The summed E-state index contributed by atoms with van der Waals surface area (Å²) in [6.07, 6.45) is 0.962. The van der Waals surface area contributed by atoms with E-state index in [2.05, 4.69) is 25.3 Å². The maximum atomic E-state index is 12.9. The van der Waals surface area contributed by atoms with Gasteiger partial charge in [-0.2, -0.15) is 13.2 Å². The lowest BCUT2D eigenvalue weighted by atomic mass is 10.0. The summed E-state index contributed by atoms with van der Waals surface area (Å²) in [6.45, 7) is 0.617. The molecule has 4 rings (SSSR count). The smallest absolute Gasteiger partial charge is 0.368 e. The second-order valence-electron chi connectivity index (χ2n) is 6.40. The summed E-state index contributed by atoms with van der Waals surface area (Å²) >= 11 is 0. The maximum absolute atomic E-state index is 12.9. The zero-order valence-electron chi connectivity index (χ0n) is 15.2. The molecule has 0 aliphatic rings. The molecule has 1 N–H and O–H groups in total. The number of rotatable bonds is 5. The fourth-order valence-corrected chi connectivity index (χ4v) is 2.99. The first-order valence-electron chi connectivity index (χ1n) is 8.93. The Hall–Kier alpha value is -3.55. The van der Waals surface area contributed by atoms with Crippen molar-refractivity contribution in [3.63, 3.8) is 0 Å². The van der Waals surface area contributed by atoms with Gasteiger partial charge in [-0.3, -0.25) is 0 Å². The van der Waals surface area contributed by atoms with Crippen LogP contribution in [0.3, 0.4) is 0 Å². The molecule has 0 amide bonds.